The summed E-state index contributed by atoms with van der Waals surface area (Å²) in [5.74, 6) is 0.766. The molecule has 0 radical (unpaired) electrons. The minimum absolute atomic E-state index is 0.0463. The zero-order valence-corrected chi connectivity index (χ0v) is 18.0. The molecule has 3 N–H and O–H groups in total. The van der Waals surface area contributed by atoms with E-state index in [1.54, 1.807) is 6.20 Å². The maximum atomic E-state index is 10.1. The summed E-state index contributed by atoms with van der Waals surface area (Å²) in [5, 5.41) is 11.0. The fraction of sp³-hybridized carbons (Fsp3) is 0.478. The summed E-state index contributed by atoms with van der Waals surface area (Å²) >= 11 is 0. The molecule has 4 heterocycles. The van der Waals surface area contributed by atoms with Crippen LogP contribution in [0.15, 0.2) is 30.7 Å². The SMILES string of the molecule is Cc1nc(N2CCC3(CC2)CO[C@@H](C)[C@H]3N)c(CO)nc1-c1ccc2cncnc2c1. The second kappa shape index (κ2) is 7.78. The van der Waals surface area contributed by atoms with Crippen molar-refractivity contribution in [1.29, 1.82) is 0 Å². The third-order valence-corrected chi connectivity index (χ3v) is 6.96. The van der Waals surface area contributed by atoms with Crippen molar-refractivity contribution in [3.8, 4) is 11.3 Å². The van der Waals surface area contributed by atoms with Gasteiger partial charge >= 0.3 is 0 Å². The highest BCUT2D eigenvalue weighted by Gasteiger charge is 2.47. The Kier molecular flexibility index (Phi) is 5.08. The van der Waals surface area contributed by atoms with Gasteiger partial charge in [0.15, 0.2) is 5.82 Å². The molecule has 8 nitrogen and oxygen atoms in total. The number of piperidine rings is 1. The zero-order chi connectivity index (χ0) is 21.6. The van der Waals surface area contributed by atoms with Crippen molar-refractivity contribution < 1.29 is 9.84 Å². The molecule has 162 valence electrons. The monoisotopic (exact) mass is 420 g/mol. The molecule has 0 amide bonds. The Balaban J connectivity index is 1.44. The topological polar surface area (TPSA) is 110 Å². The predicted molar refractivity (Wildman–Crippen MR) is 118 cm³/mol. The van der Waals surface area contributed by atoms with Gasteiger partial charge < -0.3 is 20.5 Å². The van der Waals surface area contributed by atoms with E-state index in [4.69, 9.17) is 20.4 Å². The molecule has 0 saturated carbocycles. The predicted octanol–water partition coefficient (Wildman–Crippen LogP) is 2.22. The fourth-order valence-corrected chi connectivity index (χ4v) is 4.93. The highest BCUT2D eigenvalue weighted by molar-refractivity contribution is 5.83. The van der Waals surface area contributed by atoms with Crippen LogP contribution in [0, 0.1) is 12.3 Å². The molecule has 0 aliphatic carbocycles. The first-order valence-corrected chi connectivity index (χ1v) is 10.8. The summed E-state index contributed by atoms with van der Waals surface area (Å²) in [5.41, 5.74) is 10.5. The number of benzene rings is 1. The van der Waals surface area contributed by atoms with Gasteiger partial charge in [0.25, 0.3) is 0 Å². The van der Waals surface area contributed by atoms with Gasteiger partial charge in [-0.2, -0.15) is 0 Å². The minimum Gasteiger partial charge on any atom is -0.390 e. The lowest BCUT2D eigenvalue weighted by atomic mass is 9.73. The Bertz CT molecular complexity index is 1110. The number of aryl methyl sites for hydroxylation is 1. The first-order valence-electron chi connectivity index (χ1n) is 10.8. The molecule has 2 atom stereocenters. The van der Waals surface area contributed by atoms with Gasteiger partial charge in [0, 0.05) is 41.7 Å². The highest BCUT2D eigenvalue weighted by Crippen LogP contribution is 2.42. The number of fused-ring (bicyclic) bond motifs is 1. The van der Waals surface area contributed by atoms with Gasteiger partial charge in [-0.1, -0.05) is 12.1 Å². The Hall–Kier alpha value is -2.68. The summed E-state index contributed by atoms with van der Waals surface area (Å²) < 4.78 is 5.84. The second-order valence-electron chi connectivity index (χ2n) is 8.77. The third-order valence-electron chi connectivity index (χ3n) is 6.96. The standard InChI is InChI=1S/C23H28N6O2/c1-14-20(16-3-4-17-10-25-13-26-18(17)9-16)28-19(11-30)22(27-14)29-7-5-23(6-8-29)12-31-15(2)21(23)24/h3-4,9-10,13,15,21,30H,5-8,11-12,24H2,1-2H3/t15-,21+/m0/s1. The molecule has 8 heteroatoms. The van der Waals surface area contributed by atoms with Gasteiger partial charge in [0.05, 0.1) is 36.2 Å². The number of ether oxygens (including phenoxy) is 1. The first-order chi connectivity index (χ1) is 15.0. The molecule has 2 saturated heterocycles. The summed E-state index contributed by atoms with van der Waals surface area (Å²) in [7, 11) is 0. The molecule has 2 aliphatic heterocycles. The van der Waals surface area contributed by atoms with E-state index in [2.05, 4.69) is 21.8 Å². The Morgan fingerprint density at radius 1 is 1.26 bits per heavy atom. The van der Waals surface area contributed by atoms with Crippen LogP contribution >= 0.6 is 0 Å². The summed E-state index contributed by atoms with van der Waals surface area (Å²) in [4.78, 5) is 20.3. The Labute approximate surface area is 181 Å². The third kappa shape index (κ3) is 3.44. The van der Waals surface area contributed by atoms with Crippen molar-refractivity contribution >= 4 is 16.7 Å². The largest absolute Gasteiger partial charge is 0.390 e. The fourth-order valence-electron chi connectivity index (χ4n) is 4.93. The zero-order valence-electron chi connectivity index (χ0n) is 18.0. The van der Waals surface area contributed by atoms with Gasteiger partial charge in [-0.25, -0.2) is 19.9 Å². The van der Waals surface area contributed by atoms with Crippen molar-refractivity contribution in [2.45, 2.75) is 45.4 Å². The van der Waals surface area contributed by atoms with Crippen LogP contribution < -0.4 is 10.6 Å². The van der Waals surface area contributed by atoms with Crippen LogP contribution in [0.4, 0.5) is 5.82 Å². The van der Waals surface area contributed by atoms with Crippen LogP contribution in [-0.4, -0.2) is 56.9 Å². The number of nitrogens with two attached hydrogens (primary N) is 1. The highest BCUT2D eigenvalue weighted by atomic mass is 16.5. The number of aliphatic hydroxyl groups excluding tert-OH is 1. The molecule has 0 unspecified atom stereocenters. The number of aliphatic hydroxyl groups is 1. The van der Waals surface area contributed by atoms with E-state index in [-0.39, 0.29) is 24.2 Å². The molecular weight excluding hydrogens is 392 g/mol. The van der Waals surface area contributed by atoms with Gasteiger partial charge in [-0.05, 0) is 32.8 Å². The lowest BCUT2D eigenvalue weighted by Crippen LogP contribution is -2.51. The molecule has 3 aromatic rings. The average molecular weight is 421 g/mol. The van der Waals surface area contributed by atoms with Crippen LogP contribution in [0.25, 0.3) is 22.2 Å². The molecule has 2 aromatic heterocycles. The van der Waals surface area contributed by atoms with E-state index >= 15 is 0 Å². The molecule has 31 heavy (non-hydrogen) atoms. The molecule has 0 bridgehead atoms. The lowest BCUT2D eigenvalue weighted by molar-refractivity contribution is 0.0973. The van der Waals surface area contributed by atoms with E-state index in [1.807, 2.05) is 25.1 Å². The van der Waals surface area contributed by atoms with E-state index in [9.17, 15) is 5.11 Å². The normalized spacial score (nSPS) is 23.0. The lowest BCUT2D eigenvalue weighted by Gasteiger charge is -2.42. The number of hydrogen-bond donors (Lipinski definition) is 2. The van der Waals surface area contributed by atoms with Crippen LogP contribution in [-0.2, 0) is 11.3 Å². The van der Waals surface area contributed by atoms with Crippen LogP contribution in [0.1, 0.15) is 31.2 Å². The van der Waals surface area contributed by atoms with E-state index in [1.165, 1.54) is 6.33 Å². The van der Waals surface area contributed by atoms with E-state index < -0.39 is 0 Å². The van der Waals surface area contributed by atoms with Crippen molar-refractivity contribution in [2.24, 2.45) is 11.1 Å². The first kappa shape index (κ1) is 20.2. The van der Waals surface area contributed by atoms with Crippen molar-refractivity contribution in [3.05, 3.63) is 42.1 Å². The van der Waals surface area contributed by atoms with Gasteiger partial charge in [0.2, 0.25) is 0 Å². The van der Waals surface area contributed by atoms with Gasteiger partial charge in [-0.15, -0.1) is 0 Å². The average Bonchev–Trinajstić information content (AvgIpc) is 3.07. The summed E-state index contributed by atoms with van der Waals surface area (Å²) in [6.07, 6.45) is 5.34. The number of rotatable bonds is 3. The summed E-state index contributed by atoms with van der Waals surface area (Å²) in [6.45, 7) is 6.25. The molecular formula is C23H28N6O2. The summed E-state index contributed by atoms with van der Waals surface area (Å²) in [6, 6.07) is 6.04. The number of aromatic nitrogens is 4. The maximum absolute atomic E-state index is 10.1. The van der Waals surface area contributed by atoms with E-state index in [0.29, 0.717) is 5.69 Å². The number of hydrogen-bond acceptors (Lipinski definition) is 8. The maximum Gasteiger partial charge on any atom is 0.153 e. The van der Waals surface area contributed by atoms with Crippen LogP contribution in [0.5, 0.6) is 0 Å². The molecule has 2 aliphatic rings. The molecule has 2 fully saturated rings. The number of nitrogens with zero attached hydrogens (tertiary/aromatic N) is 5. The van der Waals surface area contributed by atoms with Gasteiger partial charge in [0.1, 0.15) is 12.0 Å². The smallest absolute Gasteiger partial charge is 0.153 e. The molecule has 1 aromatic carbocycles. The molecule has 5 rings (SSSR count). The second-order valence-corrected chi connectivity index (χ2v) is 8.77. The van der Waals surface area contributed by atoms with Crippen LogP contribution in [0.2, 0.25) is 0 Å². The number of anilines is 1. The van der Waals surface area contributed by atoms with Crippen molar-refractivity contribution in [1.82, 2.24) is 19.9 Å². The van der Waals surface area contributed by atoms with E-state index in [0.717, 1.165) is 66.2 Å². The molecule has 1 spiro atoms. The van der Waals surface area contributed by atoms with Crippen molar-refractivity contribution in [3.63, 3.8) is 0 Å². The van der Waals surface area contributed by atoms with Crippen molar-refractivity contribution in [2.75, 3.05) is 24.6 Å². The quantitative estimate of drug-likeness (QED) is 0.664. The van der Waals surface area contributed by atoms with Crippen LogP contribution in [0.3, 0.4) is 0 Å². The Morgan fingerprint density at radius 3 is 2.77 bits per heavy atom. The van der Waals surface area contributed by atoms with Gasteiger partial charge in [-0.3, -0.25) is 0 Å². The Morgan fingerprint density at radius 2 is 2.06 bits per heavy atom. The minimum atomic E-state index is -0.160.